The van der Waals surface area contributed by atoms with E-state index in [0.29, 0.717) is 5.75 Å². The summed E-state index contributed by atoms with van der Waals surface area (Å²) in [5.74, 6) is 0.335. The molecule has 4 aromatic rings. The number of ether oxygens (including phenoxy) is 1. The van der Waals surface area contributed by atoms with Crippen LogP contribution >= 0.6 is 0 Å². The summed E-state index contributed by atoms with van der Waals surface area (Å²) in [6.07, 6.45) is 0.234. The minimum atomic E-state index is -3.95. The molecule has 1 heterocycles. The average molecular weight is 527 g/mol. The largest absolute Gasteiger partial charge is 1.00 e. The molecule has 0 saturated carbocycles. The molecule has 0 aliphatic heterocycles. The smallest absolute Gasteiger partial charge is 1.00 e. The summed E-state index contributed by atoms with van der Waals surface area (Å²) < 4.78 is 35.8. The zero-order chi connectivity index (χ0) is 19.6. The minimum absolute atomic E-state index is 0. The first-order valence-corrected chi connectivity index (χ1v) is 10.6. The molecular weight excluding hydrogens is 507 g/mol. The minimum Gasteiger partial charge on any atom is -1.00 e. The Morgan fingerprint density at radius 3 is 2.17 bits per heavy atom. The Labute approximate surface area is 230 Å². The van der Waals surface area contributed by atoms with Crippen molar-refractivity contribution in [1.82, 2.24) is 4.98 Å². The number of hydrogen-bond acceptors (Lipinski definition) is 4. The molecule has 0 aliphatic carbocycles. The number of hydrogen-bond donors (Lipinski definition) is 1. The average Bonchev–Trinajstić information content (AvgIpc) is 2.70. The maximum absolute atomic E-state index is 10.7. The van der Waals surface area contributed by atoms with E-state index in [9.17, 15) is 8.42 Å². The second-order valence-electron chi connectivity index (χ2n) is 6.54. The van der Waals surface area contributed by atoms with Gasteiger partial charge in [-0.05, 0) is 42.1 Å². The van der Waals surface area contributed by atoms with E-state index in [1.54, 1.807) is 0 Å². The van der Waals surface area contributed by atoms with E-state index in [1.165, 1.54) is 0 Å². The molecule has 144 valence electrons. The van der Waals surface area contributed by atoms with Crippen LogP contribution in [0.15, 0.2) is 72.8 Å². The Kier molecular flexibility index (Phi) is 7.80. The monoisotopic (exact) mass is 527 g/mol. The van der Waals surface area contributed by atoms with Gasteiger partial charge in [-0.3, -0.25) is 4.55 Å². The molecular formula is C22H20CsNO4S. The van der Waals surface area contributed by atoms with Gasteiger partial charge in [-0.1, -0.05) is 42.5 Å². The molecule has 1 aromatic heterocycles. The summed E-state index contributed by atoms with van der Waals surface area (Å²) in [6.45, 7) is 0.219. The molecule has 0 radical (unpaired) electrons. The number of para-hydroxylation sites is 1. The van der Waals surface area contributed by atoms with E-state index in [4.69, 9.17) is 14.3 Å². The fourth-order valence-corrected chi connectivity index (χ4v) is 3.75. The van der Waals surface area contributed by atoms with Crippen molar-refractivity contribution in [2.24, 2.45) is 0 Å². The Balaban J connectivity index is 0.00000160. The van der Waals surface area contributed by atoms with Gasteiger partial charge in [0.25, 0.3) is 10.1 Å². The molecule has 0 saturated heterocycles. The molecule has 0 unspecified atom stereocenters. The van der Waals surface area contributed by atoms with Crippen LogP contribution in [0, 0.1) is 0 Å². The van der Waals surface area contributed by atoms with Crippen molar-refractivity contribution in [3.05, 3.63) is 72.8 Å². The van der Waals surface area contributed by atoms with Crippen LogP contribution in [0.4, 0.5) is 0 Å². The van der Waals surface area contributed by atoms with Crippen molar-refractivity contribution in [2.75, 3.05) is 12.4 Å². The standard InChI is InChI=1S/C22H19NO4S.Cs.H/c24-28(25,26)15-5-14-27-17-12-10-16(11-13-17)22-20-8-2-1-6-18(20)19-7-3-4-9-21(19)23-22;;/h1-4,6-13H,5,14-15H2,(H,24,25,26);;/q;+1;-1. The Hall–Kier alpha value is -0.908. The van der Waals surface area contributed by atoms with Gasteiger partial charge in [0, 0.05) is 16.3 Å². The van der Waals surface area contributed by atoms with Gasteiger partial charge in [-0.15, -0.1) is 0 Å². The van der Waals surface area contributed by atoms with E-state index >= 15 is 0 Å². The second-order valence-corrected chi connectivity index (χ2v) is 8.11. The third kappa shape index (κ3) is 5.62. The van der Waals surface area contributed by atoms with E-state index in [2.05, 4.69) is 18.2 Å². The van der Waals surface area contributed by atoms with Crippen molar-refractivity contribution >= 4 is 31.8 Å². The first-order chi connectivity index (χ1) is 13.5. The Morgan fingerprint density at radius 1 is 0.862 bits per heavy atom. The molecule has 0 atom stereocenters. The number of nitrogens with zero attached hydrogens (tertiary/aromatic N) is 1. The molecule has 0 aliphatic rings. The van der Waals surface area contributed by atoms with Crippen molar-refractivity contribution in [3.8, 4) is 17.0 Å². The number of fused-ring (bicyclic) bond motifs is 3. The number of rotatable bonds is 6. The zero-order valence-electron chi connectivity index (χ0n) is 17.1. The molecule has 0 amide bonds. The van der Waals surface area contributed by atoms with Crippen molar-refractivity contribution in [3.63, 3.8) is 0 Å². The molecule has 0 spiro atoms. The second kappa shape index (κ2) is 9.93. The fraction of sp³-hybridized carbons (Fsp3) is 0.136. The van der Waals surface area contributed by atoms with Gasteiger partial charge in [0.05, 0.1) is 23.6 Å². The van der Waals surface area contributed by atoms with Gasteiger partial charge in [0.15, 0.2) is 0 Å². The van der Waals surface area contributed by atoms with E-state index in [-0.39, 0.29) is 89.1 Å². The first-order valence-electron chi connectivity index (χ1n) is 8.97. The number of pyridine rings is 1. The Bertz CT molecular complexity index is 1250. The van der Waals surface area contributed by atoms with Gasteiger partial charge >= 0.3 is 68.9 Å². The topological polar surface area (TPSA) is 76.5 Å². The first kappa shape index (κ1) is 22.8. The van der Waals surface area contributed by atoms with Gasteiger partial charge in [-0.25, -0.2) is 4.98 Å². The number of benzene rings is 3. The van der Waals surface area contributed by atoms with Crippen LogP contribution < -0.4 is 73.6 Å². The van der Waals surface area contributed by atoms with Crippen LogP contribution in [-0.2, 0) is 10.1 Å². The summed E-state index contributed by atoms with van der Waals surface area (Å²) in [7, 11) is -3.95. The van der Waals surface area contributed by atoms with Crippen molar-refractivity contribution in [1.29, 1.82) is 0 Å². The van der Waals surface area contributed by atoms with Crippen LogP contribution in [-0.4, -0.2) is 30.3 Å². The summed E-state index contributed by atoms with van der Waals surface area (Å²) in [5, 5.41) is 3.37. The summed E-state index contributed by atoms with van der Waals surface area (Å²) in [4.78, 5) is 4.87. The van der Waals surface area contributed by atoms with Gasteiger partial charge in [-0.2, -0.15) is 8.42 Å². The quantitative estimate of drug-likeness (QED) is 0.235. The fourth-order valence-electron chi connectivity index (χ4n) is 3.26. The van der Waals surface area contributed by atoms with E-state index in [1.807, 2.05) is 54.6 Å². The van der Waals surface area contributed by atoms with Crippen LogP contribution in [0.2, 0.25) is 0 Å². The van der Waals surface area contributed by atoms with Gasteiger partial charge in [0.1, 0.15) is 5.75 Å². The molecule has 5 nitrogen and oxygen atoms in total. The predicted molar refractivity (Wildman–Crippen MR) is 112 cm³/mol. The third-order valence-corrected chi connectivity index (χ3v) is 5.36. The zero-order valence-corrected chi connectivity index (χ0v) is 23.2. The molecule has 7 heteroatoms. The van der Waals surface area contributed by atoms with Gasteiger partial charge in [0.2, 0.25) is 0 Å². The van der Waals surface area contributed by atoms with Crippen LogP contribution in [0.3, 0.4) is 0 Å². The maximum Gasteiger partial charge on any atom is 1.00 e. The molecule has 1 N–H and O–H groups in total. The van der Waals surface area contributed by atoms with Crippen LogP contribution in [0.25, 0.3) is 32.9 Å². The molecule has 3 aromatic carbocycles. The summed E-state index contributed by atoms with van der Waals surface area (Å²) in [5.41, 5.74) is 2.83. The number of aromatic nitrogens is 1. The normalized spacial score (nSPS) is 11.3. The predicted octanol–water partition coefficient (Wildman–Crippen LogP) is 1.83. The molecule has 4 rings (SSSR count). The maximum atomic E-state index is 10.7. The van der Waals surface area contributed by atoms with Gasteiger partial charge < -0.3 is 6.16 Å². The van der Waals surface area contributed by atoms with Crippen molar-refractivity contribution < 1.29 is 88.0 Å². The molecule has 0 fully saturated rings. The van der Waals surface area contributed by atoms with Crippen LogP contribution in [0.1, 0.15) is 7.85 Å². The third-order valence-electron chi connectivity index (χ3n) is 4.55. The van der Waals surface area contributed by atoms with E-state index < -0.39 is 10.1 Å². The molecule has 29 heavy (non-hydrogen) atoms. The summed E-state index contributed by atoms with van der Waals surface area (Å²) >= 11 is 0. The van der Waals surface area contributed by atoms with Crippen LogP contribution in [0.5, 0.6) is 5.75 Å². The molecule has 0 bridgehead atoms. The SMILES string of the molecule is O=S(=O)(O)CCCOc1ccc(-c2nc3ccccc3c3ccccc23)cc1.[Cs+].[H-]. The van der Waals surface area contributed by atoms with E-state index in [0.717, 1.165) is 32.9 Å². The summed E-state index contributed by atoms with van der Waals surface area (Å²) in [6, 6.07) is 23.9. The Morgan fingerprint density at radius 2 is 1.48 bits per heavy atom. The van der Waals surface area contributed by atoms with Crippen molar-refractivity contribution in [2.45, 2.75) is 6.42 Å².